The highest BCUT2D eigenvalue weighted by molar-refractivity contribution is 5.61. The molecule has 6 heteroatoms. The Labute approximate surface area is 98.2 Å². The van der Waals surface area contributed by atoms with E-state index in [1.54, 1.807) is 0 Å². The summed E-state index contributed by atoms with van der Waals surface area (Å²) < 4.78 is 13.0. The molecule has 1 aromatic carbocycles. The molecular weight excluding hydrogens is 225 g/mol. The van der Waals surface area contributed by atoms with E-state index in [-0.39, 0.29) is 11.4 Å². The topological polar surface area (TPSA) is 67.2 Å². The Morgan fingerprint density at radius 2 is 2.41 bits per heavy atom. The lowest BCUT2D eigenvalue weighted by atomic mass is 10.1. The van der Waals surface area contributed by atoms with E-state index in [2.05, 4.69) is 10.6 Å². The van der Waals surface area contributed by atoms with Gasteiger partial charge < -0.3 is 10.6 Å². The van der Waals surface area contributed by atoms with Crippen LogP contribution in [0.2, 0.25) is 0 Å². The molecule has 0 amide bonds. The molecule has 1 aromatic rings. The van der Waals surface area contributed by atoms with Crippen LogP contribution in [0.1, 0.15) is 6.42 Å². The van der Waals surface area contributed by atoms with E-state index in [0.717, 1.165) is 25.6 Å². The predicted octanol–water partition coefficient (Wildman–Crippen LogP) is 1.76. The molecule has 92 valence electrons. The summed E-state index contributed by atoms with van der Waals surface area (Å²) in [6, 6.07) is 3.45. The van der Waals surface area contributed by atoms with Crippen LogP contribution in [-0.2, 0) is 0 Å². The Bertz CT molecular complexity index is 419. The summed E-state index contributed by atoms with van der Waals surface area (Å²) in [7, 11) is 0. The number of nitrogens with zero attached hydrogens (tertiary/aromatic N) is 1. The Morgan fingerprint density at radius 3 is 3.06 bits per heavy atom. The lowest BCUT2D eigenvalue weighted by Gasteiger charge is -2.11. The van der Waals surface area contributed by atoms with Crippen molar-refractivity contribution >= 4 is 11.4 Å². The van der Waals surface area contributed by atoms with E-state index in [1.165, 1.54) is 12.1 Å². The largest absolute Gasteiger partial charge is 0.379 e. The van der Waals surface area contributed by atoms with Gasteiger partial charge in [-0.15, -0.1) is 0 Å². The van der Waals surface area contributed by atoms with Gasteiger partial charge in [0.05, 0.1) is 4.92 Å². The van der Waals surface area contributed by atoms with Gasteiger partial charge in [-0.3, -0.25) is 10.1 Å². The van der Waals surface area contributed by atoms with Gasteiger partial charge in [-0.05, 0) is 31.5 Å². The zero-order valence-electron chi connectivity index (χ0n) is 9.28. The number of hydrogen-bond donors (Lipinski definition) is 2. The summed E-state index contributed by atoms with van der Waals surface area (Å²) in [5.74, 6) is -0.0273. The van der Waals surface area contributed by atoms with Crippen molar-refractivity contribution in [1.29, 1.82) is 0 Å². The van der Waals surface area contributed by atoms with Crippen LogP contribution in [0.3, 0.4) is 0 Å². The number of hydrogen-bond acceptors (Lipinski definition) is 4. The van der Waals surface area contributed by atoms with Gasteiger partial charge in [0.25, 0.3) is 5.69 Å². The molecule has 0 saturated carbocycles. The Morgan fingerprint density at radius 1 is 1.59 bits per heavy atom. The van der Waals surface area contributed by atoms with Crippen molar-refractivity contribution in [3.63, 3.8) is 0 Å². The Hall–Kier alpha value is -1.69. The summed E-state index contributed by atoms with van der Waals surface area (Å²) >= 11 is 0. The van der Waals surface area contributed by atoms with Crippen LogP contribution < -0.4 is 10.6 Å². The third-order valence-electron chi connectivity index (χ3n) is 2.90. The molecule has 0 radical (unpaired) electrons. The first-order chi connectivity index (χ1) is 8.16. The number of benzene rings is 1. The van der Waals surface area contributed by atoms with Crippen molar-refractivity contribution in [2.24, 2.45) is 5.92 Å². The molecule has 1 heterocycles. The van der Waals surface area contributed by atoms with Gasteiger partial charge in [0.15, 0.2) is 0 Å². The Kier molecular flexibility index (Phi) is 3.53. The second kappa shape index (κ2) is 5.09. The maximum atomic E-state index is 13.0. The van der Waals surface area contributed by atoms with Crippen LogP contribution in [0.15, 0.2) is 18.2 Å². The minimum atomic E-state index is -0.505. The fourth-order valence-corrected chi connectivity index (χ4v) is 1.95. The third-order valence-corrected chi connectivity index (χ3v) is 2.90. The minimum Gasteiger partial charge on any atom is -0.379 e. The molecule has 0 aliphatic carbocycles. The van der Waals surface area contributed by atoms with Gasteiger partial charge in [-0.1, -0.05) is 0 Å². The standard InChI is InChI=1S/C11H14FN3O2/c12-9-1-2-11(15(16)17)10(5-9)14-7-8-3-4-13-6-8/h1-2,5,8,13-14H,3-4,6-7H2. The zero-order chi connectivity index (χ0) is 12.3. The van der Waals surface area contributed by atoms with E-state index >= 15 is 0 Å². The normalized spacial score (nSPS) is 19.2. The summed E-state index contributed by atoms with van der Waals surface area (Å²) in [6.07, 6.45) is 1.04. The minimum absolute atomic E-state index is 0.0858. The molecule has 0 bridgehead atoms. The fraction of sp³-hybridized carbons (Fsp3) is 0.455. The molecule has 0 spiro atoms. The van der Waals surface area contributed by atoms with Crippen LogP contribution in [0, 0.1) is 21.8 Å². The maximum absolute atomic E-state index is 13.0. The molecule has 1 aliphatic rings. The molecule has 2 N–H and O–H groups in total. The first-order valence-corrected chi connectivity index (χ1v) is 5.55. The van der Waals surface area contributed by atoms with Crippen molar-refractivity contribution in [1.82, 2.24) is 5.32 Å². The quantitative estimate of drug-likeness (QED) is 0.620. The third kappa shape index (κ3) is 2.91. The van der Waals surface area contributed by atoms with Crippen molar-refractivity contribution in [3.8, 4) is 0 Å². The van der Waals surface area contributed by atoms with E-state index in [4.69, 9.17) is 0 Å². The lowest BCUT2D eigenvalue weighted by Crippen LogP contribution is -2.17. The van der Waals surface area contributed by atoms with Crippen LogP contribution in [0.4, 0.5) is 15.8 Å². The molecule has 0 aromatic heterocycles. The predicted molar refractivity (Wildman–Crippen MR) is 62.5 cm³/mol. The van der Waals surface area contributed by atoms with Crippen molar-refractivity contribution in [2.45, 2.75) is 6.42 Å². The molecule has 5 nitrogen and oxygen atoms in total. The van der Waals surface area contributed by atoms with E-state index < -0.39 is 10.7 Å². The molecule has 17 heavy (non-hydrogen) atoms. The summed E-state index contributed by atoms with van der Waals surface area (Å²) in [4.78, 5) is 10.3. The van der Waals surface area contributed by atoms with Crippen LogP contribution in [-0.4, -0.2) is 24.6 Å². The number of nitrogens with one attached hydrogen (secondary N) is 2. The van der Waals surface area contributed by atoms with Gasteiger partial charge >= 0.3 is 0 Å². The molecule has 1 saturated heterocycles. The first-order valence-electron chi connectivity index (χ1n) is 5.55. The van der Waals surface area contributed by atoms with Gasteiger partial charge in [-0.2, -0.15) is 0 Å². The summed E-state index contributed by atoms with van der Waals surface area (Å²) in [5.41, 5.74) is 0.166. The highest BCUT2D eigenvalue weighted by Gasteiger charge is 2.18. The fourth-order valence-electron chi connectivity index (χ4n) is 1.95. The van der Waals surface area contributed by atoms with Gasteiger partial charge in [0.1, 0.15) is 11.5 Å². The molecular formula is C11H14FN3O2. The summed E-state index contributed by atoms with van der Waals surface area (Å²) in [6.45, 7) is 2.49. The van der Waals surface area contributed by atoms with Gasteiger partial charge in [0, 0.05) is 18.7 Å². The second-order valence-electron chi connectivity index (χ2n) is 4.16. The van der Waals surface area contributed by atoms with Crippen molar-refractivity contribution in [2.75, 3.05) is 25.0 Å². The Balaban J connectivity index is 2.07. The number of halogens is 1. The van der Waals surface area contributed by atoms with E-state index in [9.17, 15) is 14.5 Å². The zero-order valence-corrected chi connectivity index (χ0v) is 9.28. The molecule has 1 aliphatic heterocycles. The van der Waals surface area contributed by atoms with Gasteiger partial charge in [-0.25, -0.2) is 4.39 Å². The lowest BCUT2D eigenvalue weighted by molar-refractivity contribution is -0.384. The molecule has 1 atom stereocenters. The first kappa shape index (κ1) is 11.8. The average Bonchev–Trinajstić information content (AvgIpc) is 2.78. The SMILES string of the molecule is O=[N+]([O-])c1ccc(F)cc1NCC1CCNC1. The number of nitro benzene ring substituents is 1. The maximum Gasteiger partial charge on any atom is 0.292 e. The van der Waals surface area contributed by atoms with E-state index in [0.29, 0.717) is 12.5 Å². The number of anilines is 1. The average molecular weight is 239 g/mol. The smallest absolute Gasteiger partial charge is 0.292 e. The van der Waals surface area contributed by atoms with Crippen LogP contribution in [0.5, 0.6) is 0 Å². The number of rotatable bonds is 4. The van der Waals surface area contributed by atoms with E-state index in [1.807, 2.05) is 0 Å². The summed E-state index contributed by atoms with van der Waals surface area (Å²) in [5, 5.41) is 16.9. The van der Waals surface area contributed by atoms with Crippen LogP contribution >= 0.6 is 0 Å². The monoisotopic (exact) mass is 239 g/mol. The molecule has 1 unspecified atom stereocenters. The van der Waals surface area contributed by atoms with Crippen molar-refractivity contribution < 1.29 is 9.31 Å². The second-order valence-corrected chi connectivity index (χ2v) is 4.16. The number of nitro groups is 1. The highest BCUT2D eigenvalue weighted by atomic mass is 19.1. The molecule has 2 rings (SSSR count). The molecule has 1 fully saturated rings. The van der Waals surface area contributed by atoms with Gasteiger partial charge in [0.2, 0.25) is 0 Å². The van der Waals surface area contributed by atoms with Crippen LogP contribution in [0.25, 0.3) is 0 Å². The van der Waals surface area contributed by atoms with Crippen molar-refractivity contribution in [3.05, 3.63) is 34.1 Å². The highest BCUT2D eigenvalue weighted by Crippen LogP contribution is 2.25.